The maximum absolute atomic E-state index is 11.2. The largest absolute Gasteiger partial charge is 0.507 e. The zero-order valence-electron chi connectivity index (χ0n) is 16.4. The van der Waals surface area contributed by atoms with Crippen molar-refractivity contribution in [1.82, 2.24) is 0 Å². The summed E-state index contributed by atoms with van der Waals surface area (Å²) < 4.78 is 7.10. The highest BCUT2D eigenvalue weighted by Crippen LogP contribution is 2.41. The molecule has 0 atom stereocenters. The predicted molar refractivity (Wildman–Crippen MR) is 126 cm³/mol. The second kappa shape index (κ2) is 9.49. The van der Waals surface area contributed by atoms with Crippen molar-refractivity contribution in [3.05, 3.63) is 85.8 Å². The van der Waals surface area contributed by atoms with Crippen molar-refractivity contribution >= 4 is 50.0 Å². The van der Waals surface area contributed by atoms with Gasteiger partial charge in [0, 0.05) is 11.1 Å². The van der Waals surface area contributed by atoms with Gasteiger partial charge in [0.05, 0.1) is 14.5 Å². The maximum atomic E-state index is 11.2. The van der Waals surface area contributed by atoms with Crippen LogP contribution in [0.15, 0.2) is 63.5 Å². The summed E-state index contributed by atoms with van der Waals surface area (Å²) in [6.07, 6.45) is 3.78. The molecule has 0 unspecified atom stereocenters. The number of halogens is 2. The van der Waals surface area contributed by atoms with Crippen LogP contribution in [0.4, 0.5) is 0 Å². The number of rotatable bonds is 6. The lowest BCUT2D eigenvalue weighted by atomic mass is 9.98. The maximum Gasteiger partial charge on any atom is 0.335 e. The minimum Gasteiger partial charge on any atom is -0.507 e. The molecule has 4 nitrogen and oxygen atoms in total. The van der Waals surface area contributed by atoms with Gasteiger partial charge in [-0.1, -0.05) is 56.3 Å². The van der Waals surface area contributed by atoms with E-state index in [1.807, 2.05) is 56.3 Å². The van der Waals surface area contributed by atoms with Crippen molar-refractivity contribution in [2.45, 2.75) is 19.8 Å². The van der Waals surface area contributed by atoms with E-state index in [0.29, 0.717) is 26.0 Å². The molecule has 154 valence electrons. The highest BCUT2D eigenvalue weighted by atomic mass is 79.9. The Hall–Kier alpha value is -2.57. The van der Waals surface area contributed by atoms with Crippen molar-refractivity contribution in [2.24, 2.45) is 0 Å². The summed E-state index contributed by atoms with van der Waals surface area (Å²) in [6.45, 7) is 3.99. The quantitative estimate of drug-likeness (QED) is 0.320. The van der Waals surface area contributed by atoms with Crippen LogP contribution in [0.3, 0.4) is 0 Å². The number of carboxylic acids is 1. The van der Waals surface area contributed by atoms with Gasteiger partial charge >= 0.3 is 5.97 Å². The minimum atomic E-state index is -1.02. The van der Waals surface area contributed by atoms with E-state index in [-0.39, 0.29) is 17.2 Å². The zero-order chi connectivity index (χ0) is 21.8. The molecule has 0 fully saturated rings. The molecule has 2 N–H and O–H groups in total. The number of ether oxygens (including phenoxy) is 1. The third-order valence-electron chi connectivity index (χ3n) is 4.48. The topological polar surface area (TPSA) is 66.8 Å². The van der Waals surface area contributed by atoms with Crippen LogP contribution < -0.4 is 4.74 Å². The molecule has 0 aliphatic carbocycles. The predicted octanol–water partition coefficient (Wildman–Crippen LogP) is 7.70. The molecule has 6 heteroatoms. The summed E-state index contributed by atoms with van der Waals surface area (Å²) in [5, 5.41) is 20.0. The molecule has 3 aromatic carbocycles. The first-order valence-corrected chi connectivity index (χ1v) is 10.8. The van der Waals surface area contributed by atoms with Crippen LogP contribution in [-0.4, -0.2) is 16.2 Å². The van der Waals surface area contributed by atoms with Crippen LogP contribution in [0.1, 0.15) is 46.8 Å². The number of carbonyl (C=O) groups is 1. The molecule has 0 bridgehead atoms. The van der Waals surface area contributed by atoms with E-state index in [9.17, 15) is 15.0 Å². The fourth-order valence-electron chi connectivity index (χ4n) is 2.93. The van der Waals surface area contributed by atoms with Gasteiger partial charge in [0.2, 0.25) is 0 Å². The molecule has 0 saturated heterocycles. The van der Waals surface area contributed by atoms with Gasteiger partial charge in [-0.3, -0.25) is 0 Å². The van der Waals surface area contributed by atoms with Crippen LogP contribution in [0, 0.1) is 0 Å². The van der Waals surface area contributed by atoms with Crippen LogP contribution in [0.2, 0.25) is 0 Å². The van der Waals surface area contributed by atoms with Crippen LogP contribution in [0.5, 0.6) is 17.2 Å². The molecule has 3 aromatic rings. The van der Waals surface area contributed by atoms with Gasteiger partial charge in [-0.2, -0.15) is 0 Å². The molecule has 3 rings (SSSR count). The van der Waals surface area contributed by atoms with Crippen molar-refractivity contribution < 1.29 is 19.7 Å². The number of aromatic hydroxyl groups is 1. The molecule has 0 aliphatic rings. The van der Waals surface area contributed by atoms with E-state index in [2.05, 4.69) is 31.9 Å². The van der Waals surface area contributed by atoms with Gasteiger partial charge in [-0.25, -0.2) is 4.79 Å². The first-order chi connectivity index (χ1) is 14.3. The summed E-state index contributed by atoms with van der Waals surface area (Å²) in [7, 11) is 0. The van der Waals surface area contributed by atoms with E-state index in [4.69, 9.17) is 4.74 Å². The summed E-state index contributed by atoms with van der Waals surface area (Å²) >= 11 is 6.77. The lowest BCUT2D eigenvalue weighted by Crippen LogP contribution is -1.98. The Kier molecular flexibility index (Phi) is 7.00. The number of hydrogen-bond acceptors (Lipinski definition) is 3. The molecule has 0 aliphatic heterocycles. The summed E-state index contributed by atoms with van der Waals surface area (Å²) in [5.74, 6) is 0.262. The van der Waals surface area contributed by atoms with E-state index in [1.165, 1.54) is 12.1 Å². The minimum absolute atomic E-state index is 0.0821. The van der Waals surface area contributed by atoms with Gasteiger partial charge in [0.15, 0.2) is 5.75 Å². The average Bonchev–Trinajstić information content (AvgIpc) is 2.70. The zero-order valence-corrected chi connectivity index (χ0v) is 19.6. The standard InChI is InChI=1S/C24H20Br2O4/c1-14(2)19-13-18(30-23-20(25)11-17(24(28)29)12-21(23)26)10-16(22(19)27)9-8-15-6-4-3-5-7-15/h3-14,27H,1-2H3,(H,28,29). The first kappa shape index (κ1) is 22.1. The molecule has 0 radical (unpaired) electrons. The van der Waals surface area contributed by atoms with Gasteiger partial charge in [0.1, 0.15) is 11.5 Å². The van der Waals surface area contributed by atoms with Crippen molar-refractivity contribution in [1.29, 1.82) is 0 Å². The molecule has 30 heavy (non-hydrogen) atoms. The normalized spacial score (nSPS) is 11.2. The van der Waals surface area contributed by atoms with Crippen LogP contribution in [-0.2, 0) is 0 Å². The van der Waals surface area contributed by atoms with E-state index in [0.717, 1.165) is 11.1 Å². The Morgan fingerprint density at radius 3 is 2.20 bits per heavy atom. The highest BCUT2D eigenvalue weighted by Gasteiger charge is 2.17. The van der Waals surface area contributed by atoms with Gasteiger partial charge in [-0.15, -0.1) is 0 Å². The molecular formula is C24H20Br2O4. The Bertz CT molecular complexity index is 1080. The fraction of sp³-hybridized carbons (Fsp3) is 0.125. The monoisotopic (exact) mass is 530 g/mol. The highest BCUT2D eigenvalue weighted by molar-refractivity contribution is 9.11. The Balaban J connectivity index is 2.02. The van der Waals surface area contributed by atoms with E-state index < -0.39 is 5.97 Å². The Labute approximate surface area is 192 Å². The summed E-state index contributed by atoms with van der Waals surface area (Å²) in [4.78, 5) is 11.2. The fourth-order valence-corrected chi connectivity index (χ4v) is 4.27. The number of carboxylic acid groups (broad SMARTS) is 1. The lowest BCUT2D eigenvalue weighted by molar-refractivity contribution is 0.0696. The lowest BCUT2D eigenvalue weighted by Gasteiger charge is -2.16. The molecule has 0 spiro atoms. The molecule has 0 aromatic heterocycles. The molecule has 0 heterocycles. The number of hydrogen-bond donors (Lipinski definition) is 2. The van der Waals surface area contributed by atoms with Crippen LogP contribution >= 0.6 is 31.9 Å². The second-order valence-electron chi connectivity index (χ2n) is 7.03. The van der Waals surface area contributed by atoms with E-state index >= 15 is 0 Å². The molecule has 0 saturated carbocycles. The molecular weight excluding hydrogens is 512 g/mol. The van der Waals surface area contributed by atoms with Crippen molar-refractivity contribution in [3.63, 3.8) is 0 Å². The number of phenols is 1. The first-order valence-electron chi connectivity index (χ1n) is 9.26. The van der Waals surface area contributed by atoms with Gasteiger partial charge in [-0.05, 0) is 67.6 Å². The SMILES string of the molecule is CC(C)c1cc(Oc2c(Br)cc(C(=O)O)cc2Br)cc(C=Cc2ccccc2)c1O. The number of aromatic carboxylic acids is 1. The molecule has 0 amide bonds. The number of benzene rings is 3. The van der Waals surface area contributed by atoms with Crippen molar-refractivity contribution in [2.75, 3.05) is 0 Å². The van der Waals surface area contributed by atoms with E-state index in [1.54, 1.807) is 12.1 Å². The Morgan fingerprint density at radius 2 is 1.63 bits per heavy atom. The average molecular weight is 532 g/mol. The Morgan fingerprint density at radius 1 is 1.00 bits per heavy atom. The van der Waals surface area contributed by atoms with Gasteiger partial charge in [0.25, 0.3) is 0 Å². The number of phenolic OH excluding ortho intramolecular Hbond substituents is 1. The third-order valence-corrected chi connectivity index (χ3v) is 5.66. The summed E-state index contributed by atoms with van der Waals surface area (Å²) in [6, 6.07) is 16.3. The third kappa shape index (κ3) is 5.12. The van der Waals surface area contributed by atoms with Crippen LogP contribution in [0.25, 0.3) is 12.2 Å². The second-order valence-corrected chi connectivity index (χ2v) is 8.73. The smallest absolute Gasteiger partial charge is 0.335 e. The summed E-state index contributed by atoms with van der Waals surface area (Å²) in [5.41, 5.74) is 2.55. The van der Waals surface area contributed by atoms with Crippen molar-refractivity contribution in [3.8, 4) is 17.2 Å². The van der Waals surface area contributed by atoms with Gasteiger partial charge < -0.3 is 14.9 Å².